The largest absolute Gasteiger partial charge is 0.481 e. The third-order valence-electron chi connectivity index (χ3n) is 3.51. The molecular formula is C12H17NO5S. The van der Waals surface area contributed by atoms with Crippen LogP contribution in [0.25, 0.3) is 0 Å². The minimum atomic E-state index is -3.67. The van der Waals surface area contributed by atoms with Crippen LogP contribution in [0.5, 0.6) is 0 Å². The van der Waals surface area contributed by atoms with Gasteiger partial charge in [0.15, 0.2) is 0 Å². The number of sulfonamides is 1. The molecule has 2 rings (SSSR count). The van der Waals surface area contributed by atoms with Gasteiger partial charge >= 0.3 is 5.97 Å². The molecule has 1 saturated heterocycles. The Hall–Kier alpha value is -1.34. The summed E-state index contributed by atoms with van der Waals surface area (Å²) < 4.78 is 31.4. The highest BCUT2D eigenvalue weighted by molar-refractivity contribution is 7.89. The van der Waals surface area contributed by atoms with Crippen LogP contribution in [-0.4, -0.2) is 36.9 Å². The normalized spacial score (nSPS) is 24.8. The van der Waals surface area contributed by atoms with Crippen molar-refractivity contribution in [2.45, 2.75) is 25.7 Å². The second-order valence-electron chi connectivity index (χ2n) is 5.02. The highest BCUT2D eigenvalue weighted by Gasteiger charge is 2.41. The predicted octanol–water partition coefficient (Wildman–Crippen LogP) is 1.24. The maximum absolute atomic E-state index is 12.5. The summed E-state index contributed by atoms with van der Waals surface area (Å²) in [6, 6.07) is 1.48. The molecule has 106 valence electrons. The standard InChI is InChI=1S/C12H17NO5S/c1-7-5-13(6-10(7)12(14)15)19(16,17)11-4-8(2)18-9(11)3/h4,7,10H,5-6H2,1-3H3,(H,14,15)/t7-,10-/m1/s1. The lowest BCUT2D eigenvalue weighted by atomic mass is 9.99. The van der Waals surface area contributed by atoms with Gasteiger partial charge in [-0.05, 0) is 25.8 Å². The van der Waals surface area contributed by atoms with Crippen LogP contribution in [0.1, 0.15) is 18.4 Å². The molecule has 1 aliphatic rings. The first-order chi connectivity index (χ1) is 8.73. The quantitative estimate of drug-likeness (QED) is 0.903. The van der Waals surface area contributed by atoms with Crippen molar-refractivity contribution in [3.05, 3.63) is 17.6 Å². The van der Waals surface area contributed by atoms with E-state index >= 15 is 0 Å². The second kappa shape index (κ2) is 4.64. The molecule has 1 fully saturated rings. The molecule has 1 aromatic heterocycles. The van der Waals surface area contributed by atoms with Crippen LogP contribution in [0.3, 0.4) is 0 Å². The molecule has 0 saturated carbocycles. The van der Waals surface area contributed by atoms with Crippen LogP contribution in [-0.2, 0) is 14.8 Å². The zero-order valence-electron chi connectivity index (χ0n) is 11.1. The van der Waals surface area contributed by atoms with Crippen molar-refractivity contribution in [2.24, 2.45) is 11.8 Å². The lowest BCUT2D eigenvalue weighted by molar-refractivity contribution is -0.142. The number of carbonyl (C=O) groups is 1. The first-order valence-corrected chi connectivity index (χ1v) is 7.47. The van der Waals surface area contributed by atoms with Gasteiger partial charge in [0.1, 0.15) is 16.4 Å². The Kier molecular flexibility index (Phi) is 3.44. The molecule has 1 aromatic rings. The van der Waals surface area contributed by atoms with Gasteiger partial charge in [0.2, 0.25) is 10.0 Å². The number of nitrogens with zero attached hydrogens (tertiary/aromatic N) is 1. The molecule has 1 N–H and O–H groups in total. The minimum Gasteiger partial charge on any atom is -0.481 e. The van der Waals surface area contributed by atoms with E-state index in [1.54, 1.807) is 20.8 Å². The summed E-state index contributed by atoms with van der Waals surface area (Å²) in [7, 11) is -3.67. The summed E-state index contributed by atoms with van der Waals surface area (Å²) in [5.74, 6) is -0.934. The van der Waals surface area contributed by atoms with Gasteiger partial charge < -0.3 is 9.52 Å². The molecule has 19 heavy (non-hydrogen) atoms. The summed E-state index contributed by atoms with van der Waals surface area (Å²) in [5, 5.41) is 9.06. The van der Waals surface area contributed by atoms with Crippen molar-refractivity contribution < 1.29 is 22.7 Å². The van der Waals surface area contributed by atoms with E-state index in [0.717, 1.165) is 0 Å². The van der Waals surface area contributed by atoms with Crippen molar-refractivity contribution in [3.8, 4) is 0 Å². The molecule has 2 atom stereocenters. The third-order valence-corrected chi connectivity index (χ3v) is 5.45. The van der Waals surface area contributed by atoms with Gasteiger partial charge in [0.05, 0.1) is 5.92 Å². The van der Waals surface area contributed by atoms with Gasteiger partial charge in [0, 0.05) is 13.1 Å². The van der Waals surface area contributed by atoms with Crippen molar-refractivity contribution in [1.82, 2.24) is 4.31 Å². The van der Waals surface area contributed by atoms with E-state index in [1.807, 2.05) is 0 Å². The Bertz CT molecular complexity index is 604. The van der Waals surface area contributed by atoms with E-state index in [4.69, 9.17) is 9.52 Å². The Morgan fingerprint density at radius 1 is 1.42 bits per heavy atom. The molecule has 0 radical (unpaired) electrons. The first-order valence-electron chi connectivity index (χ1n) is 6.03. The SMILES string of the molecule is Cc1cc(S(=O)(=O)N2C[C@@H](C)[C@H](C(=O)O)C2)c(C)o1. The summed E-state index contributed by atoms with van der Waals surface area (Å²) in [4.78, 5) is 11.2. The molecule has 2 heterocycles. The van der Waals surface area contributed by atoms with Crippen LogP contribution in [0.15, 0.2) is 15.4 Å². The number of aliphatic carboxylic acids is 1. The number of aryl methyl sites for hydroxylation is 2. The predicted molar refractivity (Wildman–Crippen MR) is 67.2 cm³/mol. The maximum atomic E-state index is 12.5. The fourth-order valence-corrected chi connectivity index (χ4v) is 4.23. The molecule has 0 spiro atoms. The van der Waals surface area contributed by atoms with Crippen LogP contribution in [0.2, 0.25) is 0 Å². The molecule has 6 nitrogen and oxygen atoms in total. The maximum Gasteiger partial charge on any atom is 0.308 e. The van der Waals surface area contributed by atoms with Crippen molar-refractivity contribution in [1.29, 1.82) is 0 Å². The van der Waals surface area contributed by atoms with Crippen LogP contribution in [0, 0.1) is 25.7 Å². The van der Waals surface area contributed by atoms with E-state index in [9.17, 15) is 13.2 Å². The van der Waals surface area contributed by atoms with Crippen molar-refractivity contribution in [2.75, 3.05) is 13.1 Å². The highest BCUT2D eigenvalue weighted by Crippen LogP contribution is 2.30. The smallest absolute Gasteiger partial charge is 0.308 e. The van der Waals surface area contributed by atoms with Gasteiger partial charge in [-0.1, -0.05) is 6.92 Å². The Balaban J connectivity index is 2.32. The van der Waals surface area contributed by atoms with E-state index in [-0.39, 0.29) is 23.9 Å². The average molecular weight is 287 g/mol. The highest BCUT2D eigenvalue weighted by atomic mass is 32.2. The topological polar surface area (TPSA) is 87.8 Å². The van der Waals surface area contributed by atoms with Gasteiger partial charge in [-0.2, -0.15) is 4.31 Å². The fourth-order valence-electron chi connectivity index (χ4n) is 2.44. The molecule has 1 aliphatic heterocycles. The van der Waals surface area contributed by atoms with E-state index < -0.39 is 21.9 Å². The van der Waals surface area contributed by atoms with Crippen LogP contribution >= 0.6 is 0 Å². The van der Waals surface area contributed by atoms with Crippen LogP contribution in [0.4, 0.5) is 0 Å². The average Bonchev–Trinajstić information content (AvgIpc) is 2.82. The molecule has 0 amide bonds. The van der Waals surface area contributed by atoms with Gasteiger partial charge in [-0.25, -0.2) is 8.42 Å². The van der Waals surface area contributed by atoms with Gasteiger partial charge in [-0.3, -0.25) is 4.79 Å². The first kappa shape index (κ1) is 14.1. The Morgan fingerprint density at radius 3 is 2.47 bits per heavy atom. The number of rotatable bonds is 3. The number of furan rings is 1. The molecular weight excluding hydrogens is 270 g/mol. The molecule has 0 bridgehead atoms. The Labute approximate surface area is 112 Å². The molecule has 0 unspecified atom stereocenters. The molecule has 7 heteroatoms. The van der Waals surface area contributed by atoms with Gasteiger partial charge in [0.25, 0.3) is 0 Å². The summed E-state index contributed by atoms with van der Waals surface area (Å²) in [5.41, 5.74) is 0. The minimum absolute atomic E-state index is 0.0164. The zero-order valence-corrected chi connectivity index (χ0v) is 11.9. The fraction of sp³-hybridized carbons (Fsp3) is 0.583. The lowest BCUT2D eigenvalue weighted by Crippen LogP contribution is -2.30. The monoisotopic (exact) mass is 287 g/mol. The van der Waals surface area contributed by atoms with E-state index in [2.05, 4.69) is 0 Å². The van der Waals surface area contributed by atoms with Crippen molar-refractivity contribution >= 4 is 16.0 Å². The molecule has 0 aliphatic carbocycles. The number of carboxylic acid groups (broad SMARTS) is 1. The number of carboxylic acids is 1. The number of hydrogen-bond donors (Lipinski definition) is 1. The summed E-state index contributed by atoms with van der Waals surface area (Å²) >= 11 is 0. The summed E-state index contributed by atoms with van der Waals surface area (Å²) in [6.45, 7) is 5.26. The second-order valence-corrected chi connectivity index (χ2v) is 6.93. The van der Waals surface area contributed by atoms with E-state index in [0.29, 0.717) is 11.5 Å². The van der Waals surface area contributed by atoms with Crippen molar-refractivity contribution in [3.63, 3.8) is 0 Å². The number of hydrogen-bond acceptors (Lipinski definition) is 4. The van der Waals surface area contributed by atoms with E-state index in [1.165, 1.54) is 10.4 Å². The Morgan fingerprint density at radius 2 is 2.05 bits per heavy atom. The lowest BCUT2D eigenvalue weighted by Gasteiger charge is -2.15. The third kappa shape index (κ3) is 2.40. The molecule has 0 aromatic carbocycles. The summed E-state index contributed by atoms with van der Waals surface area (Å²) in [6.07, 6.45) is 0. The van der Waals surface area contributed by atoms with Gasteiger partial charge in [-0.15, -0.1) is 0 Å². The zero-order chi connectivity index (χ0) is 14.4. The van der Waals surface area contributed by atoms with Crippen LogP contribution < -0.4 is 0 Å².